The minimum Gasteiger partial charge on any atom is -0.345 e. The molecule has 2 heterocycles. The van der Waals surface area contributed by atoms with Gasteiger partial charge < -0.3 is 5.32 Å². The number of nitrogens with zero attached hydrogens (tertiary/aromatic N) is 4. The molecule has 0 spiro atoms. The van der Waals surface area contributed by atoms with Gasteiger partial charge in [-0.25, -0.2) is 19.3 Å². The zero-order valence-electron chi connectivity index (χ0n) is 14.1. The highest BCUT2D eigenvalue weighted by Gasteiger charge is 2.10. The second kappa shape index (κ2) is 7.25. The smallest absolute Gasteiger partial charge is 0.271 e. The van der Waals surface area contributed by atoms with E-state index in [4.69, 9.17) is 0 Å². The van der Waals surface area contributed by atoms with Gasteiger partial charge in [0, 0.05) is 5.56 Å². The Labute approximate surface area is 154 Å². The zero-order valence-corrected chi connectivity index (χ0v) is 14.1. The van der Waals surface area contributed by atoms with Crippen LogP contribution >= 0.6 is 0 Å². The number of aromatic nitrogens is 4. The summed E-state index contributed by atoms with van der Waals surface area (Å²) < 4.78 is 13.1. The van der Waals surface area contributed by atoms with Gasteiger partial charge in [0.15, 0.2) is 0 Å². The predicted octanol–water partition coefficient (Wildman–Crippen LogP) is 3.16. The first-order valence-electron chi connectivity index (χ1n) is 8.26. The molecule has 0 radical (unpaired) electrons. The molecule has 6 nitrogen and oxygen atoms in total. The molecule has 2 aromatic carbocycles. The topological polar surface area (TPSA) is 80.7 Å². The average Bonchev–Trinajstić information content (AvgIpc) is 2.72. The molecule has 0 saturated carbocycles. The van der Waals surface area contributed by atoms with Crippen molar-refractivity contribution >= 4 is 16.9 Å². The molecule has 1 N–H and O–H groups in total. The van der Waals surface area contributed by atoms with Crippen LogP contribution in [0.4, 0.5) is 4.39 Å². The van der Waals surface area contributed by atoms with Gasteiger partial charge in [0.05, 0.1) is 35.2 Å². The number of nitrogens with one attached hydrogen (secondary N) is 1. The standard InChI is InChI=1S/C20H14FN5O/c21-14-7-5-13(6-8-14)18-9-15(24-12-25-18)10-23-20(27)19-11-22-16-3-1-2-4-17(16)26-19/h1-9,11-12H,10H2,(H,23,27). The lowest BCUT2D eigenvalue weighted by Gasteiger charge is -2.06. The van der Waals surface area contributed by atoms with Gasteiger partial charge >= 0.3 is 0 Å². The number of amides is 1. The molecule has 0 atom stereocenters. The van der Waals surface area contributed by atoms with E-state index in [1.807, 2.05) is 18.2 Å². The summed E-state index contributed by atoms with van der Waals surface area (Å²) >= 11 is 0. The van der Waals surface area contributed by atoms with Gasteiger partial charge in [0.25, 0.3) is 5.91 Å². The Hall–Kier alpha value is -3.74. The molecule has 0 unspecified atom stereocenters. The van der Waals surface area contributed by atoms with E-state index in [1.54, 1.807) is 24.3 Å². The molecule has 4 aromatic rings. The summed E-state index contributed by atoms with van der Waals surface area (Å²) in [6, 6.07) is 15.1. The lowest BCUT2D eigenvalue weighted by atomic mass is 10.1. The first-order valence-corrected chi connectivity index (χ1v) is 8.26. The molecule has 7 heteroatoms. The van der Waals surface area contributed by atoms with Gasteiger partial charge in [-0.3, -0.25) is 9.78 Å². The van der Waals surface area contributed by atoms with E-state index in [0.717, 1.165) is 11.1 Å². The van der Waals surface area contributed by atoms with Crippen LogP contribution in [0.25, 0.3) is 22.3 Å². The molecular formula is C20H14FN5O. The van der Waals surface area contributed by atoms with E-state index in [0.29, 0.717) is 16.9 Å². The first-order chi connectivity index (χ1) is 13.2. The summed E-state index contributed by atoms with van der Waals surface area (Å²) in [4.78, 5) is 29.3. The largest absolute Gasteiger partial charge is 0.345 e. The van der Waals surface area contributed by atoms with Crippen LogP contribution in [0.5, 0.6) is 0 Å². The van der Waals surface area contributed by atoms with Crippen molar-refractivity contribution in [3.63, 3.8) is 0 Å². The fourth-order valence-electron chi connectivity index (χ4n) is 2.60. The van der Waals surface area contributed by atoms with Crippen LogP contribution < -0.4 is 5.32 Å². The summed E-state index contributed by atoms with van der Waals surface area (Å²) in [6.45, 7) is 0.212. The highest BCUT2D eigenvalue weighted by Crippen LogP contribution is 2.17. The van der Waals surface area contributed by atoms with E-state index in [9.17, 15) is 9.18 Å². The number of hydrogen-bond donors (Lipinski definition) is 1. The third-order valence-electron chi connectivity index (χ3n) is 3.97. The molecule has 0 aliphatic carbocycles. The van der Waals surface area contributed by atoms with Crippen LogP contribution in [0.2, 0.25) is 0 Å². The second-order valence-electron chi connectivity index (χ2n) is 5.83. The lowest BCUT2D eigenvalue weighted by molar-refractivity contribution is 0.0945. The molecule has 27 heavy (non-hydrogen) atoms. The van der Waals surface area contributed by atoms with Crippen LogP contribution in [0.15, 0.2) is 67.1 Å². The van der Waals surface area contributed by atoms with E-state index in [2.05, 4.69) is 25.3 Å². The minimum atomic E-state index is -0.338. The molecule has 1 amide bonds. The highest BCUT2D eigenvalue weighted by atomic mass is 19.1. The lowest BCUT2D eigenvalue weighted by Crippen LogP contribution is -2.24. The Balaban J connectivity index is 1.48. The molecular weight excluding hydrogens is 345 g/mol. The normalized spacial score (nSPS) is 10.7. The Morgan fingerprint density at radius 1 is 0.963 bits per heavy atom. The molecule has 0 saturated heterocycles. The summed E-state index contributed by atoms with van der Waals surface area (Å²) in [5.41, 5.74) is 3.68. The summed E-state index contributed by atoms with van der Waals surface area (Å²) in [5, 5.41) is 2.78. The van der Waals surface area contributed by atoms with Crippen molar-refractivity contribution in [2.24, 2.45) is 0 Å². The fourth-order valence-corrected chi connectivity index (χ4v) is 2.60. The van der Waals surface area contributed by atoms with Crippen molar-refractivity contribution in [1.82, 2.24) is 25.3 Å². The van der Waals surface area contributed by atoms with Crippen molar-refractivity contribution in [3.8, 4) is 11.3 Å². The number of halogens is 1. The first kappa shape index (κ1) is 16.7. The Morgan fingerprint density at radius 2 is 1.74 bits per heavy atom. The quantitative estimate of drug-likeness (QED) is 0.605. The SMILES string of the molecule is O=C(NCc1cc(-c2ccc(F)cc2)ncn1)c1cnc2ccccc2n1. The molecule has 0 fully saturated rings. The van der Waals surface area contributed by atoms with Gasteiger partial charge in [0.2, 0.25) is 0 Å². The number of rotatable bonds is 4. The fraction of sp³-hybridized carbons (Fsp3) is 0.0500. The minimum absolute atomic E-state index is 0.212. The van der Waals surface area contributed by atoms with Crippen LogP contribution in [-0.4, -0.2) is 25.8 Å². The maximum atomic E-state index is 13.1. The Morgan fingerprint density at radius 3 is 2.56 bits per heavy atom. The summed E-state index contributed by atoms with van der Waals surface area (Å²) in [6.07, 6.45) is 2.86. The maximum absolute atomic E-state index is 13.1. The average molecular weight is 359 g/mol. The van der Waals surface area contributed by atoms with Crippen LogP contribution in [0.3, 0.4) is 0 Å². The summed E-state index contributed by atoms with van der Waals surface area (Å²) in [7, 11) is 0. The molecule has 0 aliphatic rings. The van der Waals surface area contributed by atoms with Crippen molar-refractivity contribution in [3.05, 3.63) is 84.3 Å². The monoisotopic (exact) mass is 359 g/mol. The van der Waals surface area contributed by atoms with Gasteiger partial charge in [-0.1, -0.05) is 12.1 Å². The molecule has 0 aliphatic heterocycles. The third kappa shape index (κ3) is 3.77. The van der Waals surface area contributed by atoms with E-state index in [1.165, 1.54) is 24.7 Å². The number of carbonyl (C=O) groups excluding carboxylic acids is 1. The molecule has 4 rings (SSSR count). The van der Waals surface area contributed by atoms with Crippen LogP contribution in [-0.2, 0) is 6.54 Å². The third-order valence-corrected chi connectivity index (χ3v) is 3.97. The number of para-hydroxylation sites is 2. The van der Waals surface area contributed by atoms with Crippen LogP contribution in [0.1, 0.15) is 16.2 Å². The van der Waals surface area contributed by atoms with Gasteiger partial charge in [-0.2, -0.15) is 0 Å². The van der Waals surface area contributed by atoms with Crippen molar-refractivity contribution in [1.29, 1.82) is 0 Å². The van der Waals surface area contributed by atoms with Crippen molar-refractivity contribution < 1.29 is 9.18 Å². The molecule has 0 bridgehead atoms. The zero-order chi connectivity index (χ0) is 18.6. The van der Waals surface area contributed by atoms with Gasteiger partial charge in [0.1, 0.15) is 17.8 Å². The summed E-state index contributed by atoms with van der Waals surface area (Å²) in [5.74, 6) is -0.646. The molecule has 132 valence electrons. The number of benzene rings is 2. The molecule has 2 aromatic heterocycles. The number of fused-ring (bicyclic) bond motifs is 1. The van der Waals surface area contributed by atoms with Crippen molar-refractivity contribution in [2.75, 3.05) is 0 Å². The highest BCUT2D eigenvalue weighted by molar-refractivity contribution is 5.93. The Kier molecular flexibility index (Phi) is 4.49. The predicted molar refractivity (Wildman–Crippen MR) is 98.1 cm³/mol. The van der Waals surface area contributed by atoms with E-state index in [-0.39, 0.29) is 24.0 Å². The van der Waals surface area contributed by atoms with Gasteiger partial charge in [-0.05, 0) is 42.5 Å². The second-order valence-corrected chi connectivity index (χ2v) is 5.83. The maximum Gasteiger partial charge on any atom is 0.271 e. The van der Waals surface area contributed by atoms with Crippen molar-refractivity contribution in [2.45, 2.75) is 6.54 Å². The van der Waals surface area contributed by atoms with Gasteiger partial charge in [-0.15, -0.1) is 0 Å². The Bertz CT molecular complexity index is 1110. The van der Waals surface area contributed by atoms with E-state index >= 15 is 0 Å². The van der Waals surface area contributed by atoms with E-state index < -0.39 is 0 Å². The number of hydrogen-bond acceptors (Lipinski definition) is 5. The number of carbonyl (C=O) groups is 1. The van der Waals surface area contributed by atoms with Crippen LogP contribution in [0, 0.1) is 5.82 Å².